The lowest BCUT2D eigenvalue weighted by Crippen LogP contribution is -2.16. The van der Waals surface area contributed by atoms with E-state index in [9.17, 15) is 4.79 Å². The highest BCUT2D eigenvalue weighted by Crippen LogP contribution is 1.98. The highest BCUT2D eigenvalue weighted by molar-refractivity contribution is 5.59. The van der Waals surface area contributed by atoms with Gasteiger partial charge in [0.2, 0.25) is 0 Å². The summed E-state index contributed by atoms with van der Waals surface area (Å²) >= 11 is 0. The van der Waals surface area contributed by atoms with Crippen molar-refractivity contribution in [3.8, 4) is 0 Å². The third-order valence-electron chi connectivity index (χ3n) is 1.95. The van der Waals surface area contributed by atoms with Crippen molar-refractivity contribution in [2.24, 2.45) is 0 Å². The van der Waals surface area contributed by atoms with E-state index in [0.29, 0.717) is 13.2 Å². The molecule has 5 nitrogen and oxygen atoms in total. The van der Waals surface area contributed by atoms with Gasteiger partial charge in [-0.15, -0.1) is 0 Å². The number of hydrogen-bond acceptors (Lipinski definition) is 5. The van der Waals surface area contributed by atoms with Crippen LogP contribution in [-0.4, -0.2) is 32.1 Å². The fourth-order valence-corrected chi connectivity index (χ4v) is 0.798. The van der Waals surface area contributed by atoms with Gasteiger partial charge in [-0.1, -0.05) is 20.3 Å². The molecule has 0 saturated carbocycles. The number of ether oxygens (including phenoxy) is 2. The van der Waals surface area contributed by atoms with Gasteiger partial charge >= 0.3 is 6.16 Å². The average molecular weight is 234 g/mol. The van der Waals surface area contributed by atoms with Crippen molar-refractivity contribution in [2.45, 2.75) is 46.1 Å². The van der Waals surface area contributed by atoms with Crippen molar-refractivity contribution in [3.63, 3.8) is 0 Å². The molecule has 16 heavy (non-hydrogen) atoms. The molecule has 96 valence electrons. The topological polar surface area (TPSA) is 54.0 Å². The summed E-state index contributed by atoms with van der Waals surface area (Å²) in [6.45, 7) is 7.14. The average Bonchev–Trinajstić information content (AvgIpc) is 2.27. The van der Waals surface area contributed by atoms with Crippen molar-refractivity contribution in [1.29, 1.82) is 0 Å². The van der Waals surface area contributed by atoms with Gasteiger partial charge in [-0.25, -0.2) is 4.79 Å². The number of carbonyl (C=O) groups is 1. The Hall–Kier alpha value is -0.810. The smallest absolute Gasteiger partial charge is 0.429 e. The Morgan fingerprint density at radius 2 is 1.94 bits per heavy atom. The summed E-state index contributed by atoms with van der Waals surface area (Å²) in [7, 11) is 0. The highest BCUT2D eigenvalue weighted by Gasteiger charge is 2.09. The Morgan fingerprint density at radius 1 is 1.19 bits per heavy atom. The first-order valence-electron chi connectivity index (χ1n) is 5.78. The predicted octanol–water partition coefficient (Wildman–Crippen LogP) is 2.69. The van der Waals surface area contributed by atoms with Crippen LogP contribution in [-0.2, 0) is 19.2 Å². The van der Waals surface area contributed by atoms with Gasteiger partial charge in [0, 0.05) is 6.61 Å². The molecule has 5 heteroatoms. The van der Waals surface area contributed by atoms with Crippen molar-refractivity contribution in [2.75, 3.05) is 19.8 Å². The fraction of sp³-hybridized carbons (Fsp3) is 0.909. The van der Waals surface area contributed by atoms with Gasteiger partial charge in [0.25, 0.3) is 0 Å². The molecule has 0 rings (SSSR count). The predicted molar refractivity (Wildman–Crippen MR) is 59.0 cm³/mol. The van der Waals surface area contributed by atoms with E-state index in [1.54, 1.807) is 6.92 Å². The fourth-order valence-electron chi connectivity index (χ4n) is 0.798. The minimum absolute atomic E-state index is 0.156. The first kappa shape index (κ1) is 15.2. The van der Waals surface area contributed by atoms with Crippen LogP contribution in [0, 0.1) is 0 Å². The molecular weight excluding hydrogens is 212 g/mol. The zero-order valence-electron chi connectivity index (χ0n) is 10.4. The van der Waals surface area contributed by atoms with Crippen LogP contribution in [0.1, 0.15) is 40.0 Å². The normalized spacial score (nSPS) is 12.2. The second kappa shape index (κ2) is 10.7. The minimum Gasteiger partial charge on any atom is -0.429 e. The van der Waals surface area contributed by atoms with Crippen LogP contribution < -0.4 is 0 Å². The first-order valence-corrected chi connectivity index (χ1v) is 5.78. The summed E-state index contributed by atoms with van der Waals surface area (Å²) in [4.78, 5) is 19.9. The minimum atomic E-state index is -0.803. The van der Waals surface area contributed by atoms with Gasteiger partial charge in [0.05, 0.1) is 6.61 Å². The second-order valence-corrected chi connectivity index (χ2v) is 3.46. The van der Waals surface area contributed by atoms with E-state index in [0.717, 1.165) is 19.3 Å². The molecule has 0 fully saturated rings. The quantitative estimate of drug-likeness (QED) is 0.266. The molecule has 0 radical (unpaired) electrons. The highest BCUT2D eigenvalue weighted by atomic mass is 17.2. The molecule has 0 aromatic carbocycles. The summed E-state index contributed by atoms with van der Waals surface area (Å²) in [5.41, 5.74) is 0. The van der Waals surface area contributed by atoms with E-state index >= 15 is 0 Å². The molecule has 0 bridgehead atoms. The Kier molecular flexibility index (Phi) is 10.2. The molecule has 0 aliphatic heterocycles. The molecule has 0 N–H and O–H groups in total. The monoisotopic (exact) mass is 234 g/mol. The molecular formula is C11H22O5. The maximum Gasteiger partial charge on any atom is 0.540 e. The van der Waals surface area contributed by atoms with Crippen LogP contribution in [0.5, 0.6) is 0 Å². The maximum atomic E-state index is 10.9. The second-order valence-electron chi connectivity index (χ2n) is 3.46. The zero-order chi connectivity index (χ0) is 12.2. The molecule has 1 atom stereocenters. The van der Waals surface area contributed by atoms with Crippen molar-refractivity contribution >= 4 is 6.16 Å². The summed E-state index contributed by atoms with van der Waals surface area (Å²) in [6, 6.07) is 0. The van der Waals surface area contributed by atoms with Gasteiger partial charge < -0.3 is 9.47 Å². The molecule has 0 aliphatic carbocycles. The number of unbranched alkanes of at least 4 members (excludes halogenated alkanes) is 1. The van der Waals surface area contributed by atoms with Crippen LogP contribution >= 0.6 is 0 Å². The Labute approximate surface area is 96.9 Å². The van der Waals surface area contributed by atoms with Crippen LogP contribution in [0.15, 0.2) is 0 Å². The van der Waals surface area contributed by atoms with Crippen LogP contribution in [0.3, 0.4) is 0 Å². The van der Waals surface area contributed by atoms with E-state index in [-0.39, 0.29) is 12.7 Å². The third-order valence-corrected chi connectivity index (χ3v) is 1.95. The lowest BCUT2D eigenvalue weighted by molar-refractivity contribution is -0.262. The summed E-state index contributed by atoms with van der Waals surface area (Å²) in [6.07, 6.45) is 1.91. The van der Waals surface area contributed by atoms with Gasteiger partial charge in [-0.3, -0.25) is 4.89 Å². The van der Waals surface area contributed by atoms with E-state index in [1.165, 1.54) is 0 Å². The van der Waals surface area contributed by atoms with Crippen LogP contribution in [0.4, 0.5) is 4.79 Å². The van der Waals surface area contributed by atoms with Crippen molar-refractivity contribution < 1.29 is 24.0 Å². The third kappa shape index (κ3) is 9.73. The number of rotatable bonds is 9. The lowest BCUT2D eigenvalue weighted by Gasteiger charge is -2.09. The molecule has 0 spiro atoms. The van der Waals surface area contributed by atoms with Crippen LogP contribution in [0.2, 0.25) is 0 Å². The van der Waals surface area contributed by atoms with Gasteiger partial charge in [0.1, 0.15) is 12.7 Å². The number of carbonyl (C=O) groups excluding carboxylic acids is 1. The van der Waals surface area contributed by atoms with E-state index in [1.807, 2.05) is 6.92 Å². The molecule has 0 saturated heterocycles. The Morgan fingerprint density at radius 3 is 2.56 bits per heavy atom. The lowest BCUT2D eigenvalue weighted by atomic mass is 10.3. The number of hydrogen-bond donors (Lipinski definition) is 0. The zero-order valence-corrected chi connectivity index (χ0v) is 10.4. The summed E-state index contributed by atoms with van der Waals surface area (Å²) < 4.78 is 10.0. The SMILES string of the molecule is CCCCOCCOOC(=O)OC(C)CC. The molecule has 0 aliphatic rings. The largest absolute Gasteiger partial charge is 0.540 e. The van der Waals surface area contributed by atoms with Gasteiger partial charge in [-0.05, 0) is 19.8 Å². The standard InChI is InChI=1S/C11H22O5/c1-4-6-7-13-8-9-14-16-11(12)15-10(3)5-2/h10H,4-9H2,1-3H3. The van der Waals surface area contributed by atoms with Crippen molar-refractivity contribution in [3.05, 3.63) is 0 Å². The molecule has 0 aromatic rings. The summed E-state index contributed by atoms with van der Waals surface area (Å²) in [5, 5.41) is 0. The van der Waals surface area contributed by atoms with E-state index < -0.39 is 6.16 Å². The maximum absolute atomic E-state index is 10.9. The Balaban J connectivity index is 3.21. The molecule has 0 heterocycles. The molecule has 1 unspecified atom stereocenters. The van der Waals surface area contributed by atoms with Gasteiger partial charge in [0.15, 0.2) is 0 Å². The molecule has 0 amide bonds. The summed E-state index contributed by atoms with van der Waals surface area (Å²) in [5.74, 6) is 0. The van der Waals surface area contributed by atoms with E-state index in [4.69, 9.17) is 9.47 Å². The van der Waals surface area contributed by atoms with Gasteiger partial charge in [-0.2, -0.15) is 4.89 Å². The first-order chi connectivity index (χ1) is 7.70. The van der Waals surface area contributed by atoms with E-state index in [2.05, 4.69) is 16.7 Å². The molecule has 0 aromatic heterocycles. The Bertz CT molecular complexity index is 172. The van der Waals surface area contributed by atoms with Crippen molar-refractivity contribution in [1.82, 2.24) is 0 Å². The van der Waals surface area contributed by atoms with Crippen LogP contribution in [0.25, 0.3) is 0 Å².